The maximum atomic E-state index is 12.8. The molecule has 3 aromatic rings. The second-order valence-corrected chi connectivity index (χ2v) is 6.47. The van der Waals surface area contributed by atoms with Gasteiger partial charge in [-0.1, -0.05) is 0 Å². The summed E-state index contributed by atoms with van der Waals surface area (Å²) in [7, 11) is 0. The molecule has 10 nitrogen and oxygen atoms in total. The van der Waals surface area contributed by atoms with Gasteiger partial charge in [0.1, 0.15) is 5.82 Å². The average Bonchev–Trinajstić information content (AvgIpc) is 3.40. The lowest BCUT2D eigenvalue weighted by Crippen LogP contribution is -2.47. The Morgan fingerprint density at radius 1 is 1.28 bits per heavy atom. The third kappa shape index (κ3) is 4.00. The Kier molecular flexibility index (Phi) is 5.06. The Hall–Kier alpha value is -3.95. The van der Waals surface area contributed by atoms with Crippen LogP contribution in [0.3, 0.4) is 0 Å². The molecule has 1 unspecified atom stereocenters. The normalized spacial score (nSPS) is 16.3. The minimum absolute atomic E-state index is 0.282. The number of urea groups is 1. The van der Waals surface area contributed by atoms with Crippen LogP contribution >= 0.6 is 0 Å². The van der Waals surface area contributed by atoms with Gasteiger partial charge < -0.3 is 20.4 Å². The number of aromatic nitrogens is 4. The van der Waals surface area contributed by atoms with Gasteiger partial charge in [0.15, 0.2) is 5.82 Å². The molecule has 0 saturated carbocycles. The number of H-pyrrole nitrogens is 1. The van der Waals surface area contributed by atoms with Gasteiger partial charge in [-0.3, -0.25) is 14.9 Å². The van der Waals surface area contributed by atoms with Crippen molar-refractivity contribution in [1.82, 2.24) is 36.1 Å². The molecule has 3 amide bonds. The van der Waals surface area contributed by atoms with Gasteiger partial charge in [0, 0.05) is 42.2 Å². The van der Waals surface area contributed by atoms with E-state index in [9.17, 15) is 9.59 Å². The highest BCUT2D eigenvalue weighted by atomic mass is 16.3. The van der Waals surface area contributed by atoms with Gasteiger partial charge in [-0.05, 0) is 25.1 Å². The molecule has 0 aromatic carbocycles. The van der Waals surface area contributed by atoms with E-state index in [4.69, 9.17) is 4.42 Å². The van der Waals surface area contributed by atoms with Crippen molar-refractivity contribution in [3.63, 3.8) is 0 Å². The molecular weight excluding hydrogens is 374 g/mol. The van der Waals surface area contributed by atoms with Crippen LogP contribution in [0.1, 0.15) is 24.4 Å². The Morgan fingerprint density at radius 3 is 2.86 bits per heavy atom. The zero-order chi connectivity index (χ0) is 20.2. The Morgan fingerprint density at radius 2 is 2.10 bits per heavy atom. The number of amides is 3. The minimum Gasteiger partial charge on any atom is -0.472 e. The molecule has 1 aliphatic heterocycles. The molecule has 0 bridgehead atoms. The number of aromatic amines is 1. The molecule has 3 aromatic heterocycles. The smallest absolute Gasteiger partial charge is 0.319 e. The van der Waals surface area contributed by atoms with Gasteiger partial charge in [-0.15, -0.1) is 0 Å². The first-order valence-corrected chi connectivity index (χ1v) is 9.02. The number of nitrogens with one attached hydrogen (secondary N) is 4. The standard InChI is InChI=1S/C19H19N7O3/c1-11-15(16(24-19(28)22-11)13-5-9-29-10-13)18(27)21-8-4-14-23-17(26-25-14)12-2-6-20-7-3-12/h2-3,5-7,9-10,16H,4,8H2,1H3,(H,21,27)(H2,22,24,28)(H,23,25,26). The highest BCUT2D eigenvalue weighted by Gasteiger charge is 2.31. The van der Waals surface area contributed by atoms with Crippen LogP contribution in [0.15, 0.2) is 58.8 Å². The molecule has 0 fully saturated rings. The third-order valence-electron chi connectivity index (χ3n) is 4.51. The zero-order valence-corrected chi connectivity index (χ0v) is 15.6. The Labute approximate surface area is 165 Å². The largest absolute Gasteiger partial charge is 0.472 e. The molecule has 4 rings (SSSR count). The summed E-state index contributed by atoms with van der Waals surface area (Å²) in [6, 6.07) is 4.42. The van der Waals surface area contributed by atoms with Crippen LogP contribution < -0.4 is 16.0 Å². The first kappa shape index (κ1) is 18.4. The molecule has 0 radical (unpaired) electrons. The average molecular weight is 393 g/mol. The number of carbonyl (C=O) groups excluding carboxylic acids is 2. The number of hydrogen-bond donors (Lipinski definition) is 4. The minimum atomic E-state index is -0.578. The van der Waals surface area contributed by atoms with E-state index < -0.39 is 6.04 Å². The molecule has 10 heteroatoms. The van der Waals surface area contributed by atoms with E-state index in [0.717, 1.165) is 5.56 Å². The molecule has 0 aliphatic carbocycles. The molecule has 0 spiro atoms. The molecule has 1 atom stereocenters. The monoisotopic (exact) mass is 393 g/mol. The van der Waals surface area contributed by atoms with E-state index in [1.54, 1.807) is 25.4 Å². The quantitative estimate of drug-likeness (QED) is 0.500. The fourth-order valence-electron chi connectivity index (χ4n) is 3.11. The number of allylic oxidation sites excluding steroid dienone is 1. The van der Waals surface area contributed by atoms with Crippen molar-refractivity contribution >= 4 is 11.9 Å². The number of hydrogen-bond acceptors (Lipinski definition) is 6. The molecule has 148 valence electrons. The Balaban J connectivity index is 1.41. The Bertz CT molecular complexity index is 1040. The third-order valence-corrected chi connectivity index (χ3v) is 4.51. The van der Waals surface area contributed by atoms with Gasteiger partial charge in [-0.25, -0.2) is 9.78 Å². The van der Waals surface area contributed by atoms with E-state index in [2.05, 4.69) is 36.1 Å². The van der Waals surface area contributed by atoms with Crippen LogP contribution in [0.5, 0.6) is 0 Å². The maximum Gasteiger partial charge on any atom is 0.319 e. The van der Waals surface area contributed by atoms with Gasteiger partial charge in [0.25, 0.3) is 5.91 Å². The van der Waals surface area contributed by atoms with Crippen molar-refractivity contribution in [3.05, 3.63) is 65.8 Å². The summed E-state index contributed by atoms with van der Waals surface area (Å²) < 4.78 is 5.09. The summed E-state index contributed by atoms with van der Waals surface area (Å²) in [5, 5.41) is 15.3. The van der Waals surface area contributed by atoms with Crippen molar-refractivity contribution in [2.45, 2.75) is 19.4 Å². The van der Waals surface area contributed by atoms with Crippen LogP contribution in [-0.4, -0.2) is 38.6 Å². The van der Waals surface area contributed by atoms with E-state index in [1.807, 2.05) is 12.1 Å². The van der Waals surface area contributed by atoms with Gasteiger partial charge >= 0.3 is 6.03 Å². The molecule has 4 N–H and O–H groups in total. The molecule has 29 heavy (non-hydrogen) atoms. The number of furan rings is 1. The summed E-state index contributed by atoms with van der Waals surface area (Å²) in [4.78, 5) is 33.0. The van der Waals surface area contributed by atoms with Crippen molar-refractivity contribution < 1.29 is 14.0 Å². The molecule has 4 heterocycles. The maximum absolute atomic E-state index is 12.8. The van der Waals surface area contributed by atoms with Crippen LogP contribution in [0.4, 0.5) is 4.79 Å². The predicted octanol–water partition coefficient (Wildman–Crippen LogP) is 1.45. The summed E-state index contributed by atoms with van der Waals surface area (Å²) in [6.45, 7) is 2.05. The van der Waals surface area contributed by atoms with Gasteiger partial charge in [0.05, 0.1) is 24.1 Å². The van der Waals surface area contributed by atoms with E-state index in [-0.39, 0.29) is 11.9 Å². The van der Waals surface area contributed by atoms with Crippen molar-refractivity contribution in [2.75, 3.05) is 6.54 Å². The predicted molar refractivity (Wildman–Crippen MR) is 102 cm³/mol. The van der Waals surface area contributed by atoms with Crippen molar-refractivity contribution in [2.24, 2.45) is 0 Å². The van der Waals surface area contributed by atoms with Crippen LogP contribution in [0, 0.1) is 0 Å². The summed E-state index contributed by atoms with van der Waals surface area (Å²) >= 11 is 0. The number of rotatable bonds is 6. The first-order valence-electron chi connectivity index (χ1n) is 9.02. The van der Waals surface area contributed by atoms with E-state index >= 15 is 0 Å². The highest BCUT2D eigenvalue weighted by Crippen LogP contribution is 2.26. The summed E-state index contributed by atoms with van der Waals surface area (Å²) in [6.07, 6.45) is 6.83. The fourth-order valence-corrected chi connectivity index (χ4v) is 3.11. The topological polar surface area (TPSA) is 138 Å². The van der Waals surface area contributed by atoms with Gasteiger partial charge in [0.2, 0.25) is 0 Å². The highest BCUT2D eigenvalue weighted by molar-refractivity contribution is 5.98. The second kappa shape index (κ2) is 7.97. The number of nitrogens with zero attached hydrogens (tertiary/aromatic N) is 3. The first-order chi connectivity index (χ1) is 14.1. The van der Waals surface area contributed by atoms with Crippen LogP contribution in [-0.2, 0) is 11.2 Å². The SMILES string of the molecule is CC1=C(C(=O)NCCc2nc(-c3ccncc3)n[nH]2)C(c2ccoc2)NC(=O)N1. The lowest BCUT2D eigenvalue weighted by atomic mass is 9.97. The molecular formula is C19H19N7O3. The molecule has 1 aliphatic rings. The lowest BCUT2D eigenvalue weighted by molar-refractivity contribution is -0.117. The lowest BCUT2D eigenvalue weighted by Gasteiger charge is -2.27. The fraction of sp³-hybridized carbons (Fsp3) is 0.211. The zero-order valence-electron chi connectivity index (χ0n) is 15.6. The van der Waals surface area contributed by atoms with Crippen LogP contribution in [0.25, 0.3) is 11.4 Å². The number of pyridine rings is 1. The van der Waals surface area contributed by atoms with Gasteiger partial charge in [-0.2, -0.15) is 5.10 Å². The van der Waals surface area contributed by atoms with E-state index in [1.165, 1.54) is 12.5 Å². The summed E-state index contributed by atoms with van der Waals surface area (Å²) in [5.74, 6) is 0.950. The molecule has 0 saturated heterocycles. The second-order valence-electron chi connectivity index (χ2n) is 6.47. The number of carbonyl (C=O) groups is 2. The van der Waals surface area contributed by atoms with E-state index in [0.29, 0.717) is 41.4 Å². The van der Waals surface area contributed by atoms with Crippen molar-refractivity contribution in [3.8, 4) is 11.4 Å². The van der Waals surface area contributed by atoms with Crippen molar-refractivity contribution in [1.29, 1.82) is 0 Å². The van der Waals surface area contributed by atoms with Crippen LogP contribution in [0.2, 0.25) is 0 Å². The summed E-state index contributed by atoms with van der Waals surface area (Å²) in [5.41, 5.74) is 2.49.